The summed E-state index contributed by atoms with van der Waals surface area (Å²) in [6.45, 7) is 14.5. The van der Waals surface area contributed by atoms with Gasteiger partial charge in [-0.15, -0.1) is 22.9 Å². The summed E-state index contributed by atoms with van der Waals surface area (Å²) in [5.74, 6) is -2.25. The van der Waals surface area contributed by atoms with Crippen LogP contribution in [0.2, 0.25) is 0 Å². The van der Waals surface area contributed by atoms with Crippen LogP contribution in [0.25, 0.3) is 0 Å². The van der Waals surface area contributed by atoms with E-state index in [0.717, 1.165) is 135 Å². The number of rotatable bonds is 14. The number of alkyl halides is 3. The van der Waals surface area contributed by atoms with Crippen LogP contribution in [-0.4, -0.2) is 196 Å². The van der Waals surface area contributed by atoms with E-state index in [1.54, 1.807) is 72.0 Å². The van der Waals surface area contributed by atoms with Crippen molar-refractivity contribution >= 4 is 89.0 Å². The fourth-order valence-corrected chi connectivity index (χ4v) is 14.0. The number of hydrogen-bond acceptors (Lipinski definition) is 16. The number of nitrogens with two attached hydrogens (primary N) is 1. The van der Waals surface area contributed by atoms with Crippen molar-refractivity contribution in [2.24, 2.45) is 5.73 Å². The number of anilines is 1. The van der Waals surface area contributed by atoms with Gasteiger partial charge in [0.2, 0.25) is 0 Å². The molecular weight excluding hydrogens is 1560 g/mol. The van der Waals surface area contributed by atoms with E-state index in [-0.39, 0.29) is 134 Å². The molecule has 0 spiro atoms. The van der Waals surface area contributed by atoms with Crippen LogP contribution in [0.1, 0.15) is 86.3 Å². The maximum atomic E-state index is 13.4. The van der Waals surface area contributed by atoms with Gasteiger partial charge in [-0.05, 0) is 166 Å². The molecule has 6 saturated heterocycles. The molecule has 7 heterocycles. The molecule has 0 radical (unpaired) electrons. The Labute approximate surface area is 700 Å². The van der Waals surface area contributed by atoms with E-state index in [1.165, 1.54) is 48.5 Å². The zero-order valence-electron chi connectivity index (χ0n) is 60.1. The van der Waals surface area contributed by atoms with Gasteiger partial charge in [0.05, 0.1) is 59.6 Å². The average Bonchev–Trinajstić information content (AvgIpc) is 1.51. The van der Waals surface area contributed by atoms with Gasteiger partial charge in [0.1, 0.15) is 29.1 Å². The first kappa shape index (κ1) is 93.8. The largest absolute Gasteiger partial charge is 1.00 e. The van der Waals surface area contributed by atoms with Crippen molar-refractivity contribution in [3.05, 3.63) is 189 Å². The number of Topliss-reactive ketones (excluding diaryl/α,β-unsaturated/α-hetero) is 1. The fraction of sp³-hybridized carbons (Fsp3) is 0.486. The minimum Gasteiger partial charge on any atom is -1.00 e. The van der Waals surface area contributed by atoms with Gasteiger partial charge in [-0.25, -0.2) is 26.9 Å². The quantitative estimate of drug-likeness (QED) is 0.0359. The Morgan fingerprint density at radius 2 is 0.981 bits per heavy atom. The first-order valence-electron chi connectivity index (χ1n) is 33.2. The third kappa shape index (κ3) is 29.1. The molecule has 12 rings (SSSR count). The number of piperazine rings is 2. The number of hydrogen-bond donors (Lipinski definition) is 2. The predicted octanol–water partition coefficient (Wildman–Crippen LogP) is 7.27. The van der Waals surface area contributed by atoms with Crippen molar-refractivity contribution in [1.82, 2.24) is 19.7 Å². The molecule has 1 aromatic heterocycles. The number of carboxylic acids is 1. The van der Waals surface area contributed by atoms with E-state index < -0.39 is 22.2 Å². The molecule has 552 valence electrons. The van der Waals surface area contributed by atoms with Crippen molar-refractivity contribution in [1.29, 1.82) is 10.5 Å². The van der Waals surface area contributed by atoms with E-state index in [2.05, 4.69) is 72.1 Å². The predicted molar refractivity (Wildman–Crippen MR) is 395 cm³/mol. The second-order valence-electron chi connectivity index (χ2n) is 24.7. The number of carbonyl (C=O) groups is 2. The molecule has 6 aliphatic rings. The molecule has 0 saturated carbocycles. The minimum atomic E-state index is -0.911. The molecule has 5 aromatic carbocycles. The zero-order chi connectivity index (χ0) is 72.4. The van der Waals surface area contributed by atoms with Gasteiger partial charge >= 0.3 is 86.9 Å². The first-order valence-corrected chi connectivity index (χ1v) is 37.3. The molecule has 17 nitrogen and oxygen atoms in total. The topological polar surface area (TPSA) is 230 Å². The van der Waals surface area contributed by atoms with Crippen LogP contribution in [0.4, 0.5) is 27.1 Å². The third-order valence-corrected chi connectivity index (χ3v) is 20.5. The molecule has 0 unspecified atom stereocenters. The van der Waals surface area contributed by atoms with E-state index in [0.29, 0.717) is 95.3 Å². The molecule has 6 aromatic rings. The summed E-state index contributed by atoms with van der Waals surface area (Å²) < 4.78 is 90.5. The molecule has 0 amide bonds. The normalized spacial score (nSPS) is 17.7. The number of ether oxygens (including phenoxy) is 5. The number of halogens is 8. The Morgan fingerprint density at radius 3 is 1.37 bits per heavy atom. The number of aromatic nitrogens is 1. The summed E-state index contributed by atoms with van der Waals surface area (Å²) in [4.78, 5) is 37.6. The van der Waals surface area contributed by atoms with Gasteiger partial charge in [0.15, 0.2) is 16.0 Å². The number of nitriles is 2. The van der Waals surface area contributed by atoms with Crippen molar-refractivity contribution in [2.75, 3.05) is 154 Å². The zero-order valence-corrected chi connectivity index (χ0v) is 69.8. The number of aliphatic carboxylic acids is 1. The summed E-state index contributed by atoms with van der Waals surface area (Å²) in [7, 11) is 4.27. The first-order chi connectivity index (χ1) is 48.2. The monoisotopic (exact) mass is 1650 g/mol. The Balaban J connectivity index is 0.000000423. The van der Waals surface area contributed by atoms with Crippen LogP contribution in [0, 0.1) is 51.7 Å². The summed E-state index contributed by atoms with van der Waals surface area (Å²) in [5.41, 5.74) is 8.82. The van der Waals surface area contributed by atoms with E-state index in [1.807, 2.05) is 23.1 Å². The van der Waals surface area contributed by atoms with E-state index >= 15 is 0 Å². The Morgan fingerprint density at radius 1 is 0.612 bits per heavy atom. The van der Waals surface area contributed by atoms with Gasteiger partial charge < -0.3 is 61.0 Å². The van der Waals surface area contributed by atoms with Crippen LogP contribution < -0.4 is 91.6 Å². The Kier molecular flexibility index (Phi) is 45.1. The summed E-state index contributed by atoms with van der Waals surface area (Å²) in [6.07, 6.45) is 5.62. The summed E-state index contributed by atoms with van der Waals surface area (Å²) >= 11 is 18.7. The van der Waals surface area contributed by atoms with Gasteiger partial charge in [0, 0.05) is 127 Å². The molecule has 6 fully saturated rings. The SMILES string of the molecule is BrCCOCCBr.CN1CCN(C(N)=S)CC1.CN1CCN(c2nc(C3(c4ccc(F)cc4)CCOCC3)cs2)CC1.N#CC1(c2ccc(F)cc2)CCOCC1.N#CCc1ccc(F)cc1.O=C(CCl)C1(c2ccc(F)cc2)CCOCC1.O=C(O)C1(c2ccc(F)cc2)CCOCC1.[H-].[K+].[Na+].[OH-]. The fourth-order valence-electron chi connectivity index (χ4n) is 12.2. The Hall–Kier alpha value is -3.44. The van der Waals surface area contributed by atoms with Gasteiger partial charge in [-0.1, -0.05) is 92.5 Å². The molecule has 29 heteroatoms. The van der Waals surface area contributed by atoms with Crippen molar-refractivity contribution in [3.8, 4) is 12.1 Å². The average molecular weight is 1650 g/mol. The van der Waals surface area contributed by atoms with Gasteiger partial charge in [0.25, 0.3) is 0 Å². The number of likely N-dealkylation sites (N-methyl/N-ethyl adjacent to an activating group) is 2. The number of carboxylic acid groups (broad SMARTS) is 1. The van der Waals surface area contributed by atoms with Crippen molar-refractivity contribution in [2.45, 2.75) is 79.4 Å². The molecule has 103 heavy (non-hydrogen) atoms. The number of nitrogens with zero attached hydrogens (tertiary/aromatic N) is 7. The molecule has 0 bridgehead atoms. The van der Waals surface area contributed by atoms with Crippen LogP contribution in [0.5, 0.6) is 0 Å². The van der Waals surface area contributed by atoms with Gasteiger partial charge in [-0.2, -0.15) is 10.5 Å². The van der Waals surface area contributed by atoms with Gasteiger partial charge in [-0.3, -0.25) is 9.59 Å². The molecule has 6 aliphatic heterocycles. The molecule has 0 atom stereocenters. The maximum absolute atomic E-state index is 13.4. The van der Waals surface area contributed by atoms with Crippen molar-refractivity contribution < 1.29 is 148 Å². The van der Waals surface area contributed by atoms with E-state index in [4.69, 9.17) is 63.5 Å². The standard InChI is InChI=1S/C19H24FN3OS.C13H14ClFO2.C12H12FNO.C12H13FO3.C8H6FN.C6H13N3S.C4H8Br2O.K.Na.H2O.H/c1-22-8-10-23(11-9-22)18-21-17(14-25-18)19(6-12-24-13-7-19)15-2-4-16(20)5-3-15;14-9-12(16)13(5-7-17-8-6-13)10-1-3-11(15)4-2-10;13-11-3-1-10(2-4-11)12(9-14)5-7-15-8-6-12;13-10-3-1-9(2-4-10)12(11(14)15)5-7-16-8-6-12;9-8-3-1-7(2-4-8)5-6-10;1-8-2-4-9(5-3-8)6(7)10;5-1-3-7-4-2-6;;;;/h2-5,14H,6-13H2,1H3;1-4H,5-9H2;1-4H,5-8H2;1-4H,5-8H2,(H,14,15);1-4H,5H2;2-5H2,1H3,(H2,7,10);1-4H2;;;1H2;/q;;;;;;;2*+1;;-1/p-1. The van der Waals surface area contributed by atoms with E-state index in [9.17, 15) is 41.9 Å². The number of ketones is 1. The second-order valence-corrected chi connectivity index (χ2v) is 27.8. The number of thiocarbonyl (C=S) groups is 1. The Bertz CT molecular complexity index is 3490. The summed E-state index contributed by atoms with van der Waals surface area (Å²) in [6, 6.07) is 35.2. The number of benzene rings is 5. The van der Waals surface area contributed by atoms with Crippen LogP contribution in [0.15, 0.2) is 127 Å². The molecule has 0 aliphatic carbocycles. The third-order valence-electron chi connectivity index (χ3n) is 18.5. The summed E-state index contributed by atoms with van der Waals surface area (Å²) in [5, 5.41) is 32.6. The second kappa shape index (κ2) is 49.6. The smallest absolute Gasteiger partial charge is 1.00 e. The van der Waals surface area contributed by atoms with Crippen molar-refractivity contribution in [3.63, 3.8) is 0 Å². The number of carbonyl (C=O) groups excluding carboxylic acids is 1. The molecular formula is C74H92Br2ClF5KN8NaO9S2. The molecule has 4 N–H and O–H groups in total. The van der Waals surface area contributed by atoms with Crippen LogP contribution >= 0.6 is 67.0 Å². The minimum absolute atomic E-state index is 0. The van der Waals surface area contributed by atoms with Crippen LogP contribution in [-0.2, 0) is 61.4 Å². The number of thiazole rings is 1. The van der Waals surface area contributed by atoms with Crippen LogP contribution in [0.3, 0.4) is 0 Å². The maximum Gasteiger partial charge on any atom is 1.00 e.